The lowest BCUT2D eigenvalue weighted by Gasteiger charge is -2.37. The number of ether oxygens (including phenoxy) is 1. The molecule has 3 rings (SSSR count). The lowest BCUT2D eigenvalue weighted by atomic mass is 10.1. The summed E-state index contributed by atoms with van der Waals surface area (Å²) >= 11 is 6.15. The number of hydrogen-bond donors (Lipinski definition) is 1. The maximum Gasteiger partial charge on any atom is 0.236 e. The van der Waals surface area contributed by atoms with E-state index < -0.39 is 6.10 Å². The third kappa shape index (κ3) is 5.15. The summed E-state index contributed by atoms with van der Waals surface area (Å²) in [6, 6.07) is 7.39. The van der Waals surface area contributed by atoms with E-state index in [4.69, 9.17) is 16.3 Å². The van der Waals surface area contributed by atoms with Crippen LogP contribution in [-0.2, 0) is 9.53 Å². The Hall–Kier alpha value is -1.18. The van der Waals surface area contributed by atoms with Gasteiger partial charge in [0.25, 0.3) is 0 Å². The Bertz CT molecular complexity index is 572. The quantitative estimate of drug-likeness (QED) is 0.836. The summed E-state index contributed by atoms with van der Waals surface area (Å²) in [6.07, 6.45) is -0.607. The molecule has 1 aromatic rings. The Balaban J connectivity index is 1.43. The Kier molecular flexibility index (Phi) is 6.67. The van der Waals surface area contributed by atoms with Gasteiger partial charge in [-0.2, -0.15) is 0 Å². The molecule has 6 nitrogen and oxygen atoms in total. The van der Waals surface area contributed by atoms with Crippen LogP contribution in [0.1, 0.15) is 11.7 Å². The largest absolute Gasteiger partial charge is 0.387 e. The van der Waals surface area contributed by atoms with Crippen LogP contribution >= 0.6 is 11.6 Å². The Morgan fingerprint density at radius 1 is 1.08 bits per heavy atom. The van der Waals surface area contributed by atoms with Crippen LogP contribution in [-0.4, -0.2) is 91.3 Å². The minimum atomic E-state index is -0.607. The fourth-order valence-corrected chi connectivity index (χ4v) is 3.58. The molecule has 0 saturated carbocycles. The number of aliphatic hydroxyl groups is 1. The molecule has 1 atom stereocenters. The van der Waals surface area contributed by atoms with Gasteiger partial charge in [-0.15, -0.1) is 0 Å². The van der Waals surface area contributed by atoms with Crippen LogP contribution in [0.4, 0.5) is 0 Å². The molecular formula is C18H26ClN3O3. The van der Waals surface area contributed by atoms with Crippen LogP contribution in [0.2, 0.25) is 5.02 Å². The molecule has 0 spiro atoms. The van der Waals surface area contributed by atoms with Gasteiger partial charge in [0.2, 0.25) is 5.91 Å². The number of piperazine rings is 1. The van der Waals surface area contributed by atoms with Gasteiger partial charge in [0, 0.05) is 56.4 Å². The standard InChI is InChI=1S/C18H26ClN3O3/c19-16-4-2-1-3-15(16)17(23)13-20-5-7-22(8-6-20)18(24)14-21-9-11-25-12-10-21/h1-4,17,23H,5-14H2/t17-/m0/s1. The van der Waals surface area contributed by atoms with Crippen molar-refractivity contribution in [3.8, 4) is 0 Å². The van der Waals surface area contributed by atoms with E-state index in [0.717, 1.165) is 31.7 Å². The van der Waals surface area contributed by atoms with Crippen molar-refractivity contribution in [2.75, 3.05) is 65.6 Å². The van der Waals surface area contributed by atoms with Gasteiger partial charge >= 0.3 is 0 Å². The summed E-state index contributed by atoms with van der Waals surface area (Å²) in [5.74, 6) is 0.188. The fraction of sp³-hybridized carbons (Fsp3) is 0.611. The Morgan fingerprint density at radius 3 is 2.44 bits per heavy atom. The molecule has 1 N–H and O–H groups in total. The number of nitrogens with zero attached hydrogens (tertiary/aromatic N) is 3. The molecule has 2 aliphatic rings. The fourth-order valence-electron chi connectivity index (χ4n) is 3.32. The summed E-state index contributed by atoms with van der Waals surface area (Å²) in [6.45, 7) is 7.05. The van der Waals surface area contributed by atoms with E-state index in [0.29, 0.717) is 44.4 Å². The first kappa shape index (κ1) is 18.6. The van der Waals surface area contributed by atoms with E-state index in [9.17, 15) is 9.90 Å². The van der Waals surface area contributed by atoms with E-state index in [-0.39, 0.29) is 5.91 Å². The van der Waals surface area contributed by atoms with Crippen molar-refractivity contribution in [1.82, 2.24) is 14.7 Å². The van der Waals surface area contributed by atoms with E-state index in [1.807, 2.05) is 23.1 Å². The number of aliphatic hydroxyl groups excluding tert-OH is 1. The average Bonchev–Trinajstić information content (AvgIpc) is 2.63. The SMILES string of the molecule is O=C(CN1CCOCC1)N1CCN(C[C@H](O)c2ccccc2Cl)CC1. The van der Waals surface area contributed by atoms with E-state index >= 15 is 0 Å². The van der Waals surface area contributed by atoms with Gasteiger partial charge in [0.05, 0.1) is 25.9 Å². The second-order valence-electron chi connectivity index (χ2n) is 6.61. The number of benzene rings is 1. The van der Waals surface area contributed by atoms with Gasteiger partial charge < -0.3 is 14.7 Å². The molecule has 2 heterocycles. The van der Waals surface area contributed by atoms with Crippen molar-refractivity contribution in [3.63, 3.8) is 0 Å². The minimum absolute atomic E-state index is 0.188. The zero-order valence-corrected chi connectivity index (χ0v) is 15.2. The average molecular weight is 368 g/mol. The molecule has 2 saturated heterocycles. The van der Waals surface area contributed by atoms with E-state index in [1.165, 1.54) is 0 Å². The van der Waals surface area contributed by atoms with Crippen LogP contribution in [0.25, 0.3) is 0 Å². The van der Waals surface area contributed by atoms with E-state index in [1.54, 1.807) is 6.07 Å². The molecule has 1 amide bonds. The maximum atomic E-state index is 12.4. The number of carbonyl (C=O) groups is 1. The molecule has 138 valence electrons. The Morgan fingerprint density at radius 2 is 1.76 bits per heavy atom. The van der Waals surface area contributed by atoms with Crippen molar-refractivity contribution in [1.29, 1.82) is 0 Å². The number of carbonyl (C=O) groups excluding carboxylic acids is 1. The summed E-state index contributed by atoms with van der Waals surface area (Å²) in [4.78, 5) is 18.7. The first-order chi connectivity index (χ1) is 12.1. The molecule has 0 radical (unpaired) electrons. The molecule has 0 unspecified atom stereocenters. The highest BCUT2D eigenvalue weighted by Gasteiger charge is 2.25. The van der Waals surface area contributed by atoms with Crippen molar-refractivity contribution < 1.29 is 14.6 Å². The molecule has 0 aromatic heterocycles. The van der Waals surface area contributed by atoms with E-state index in [2.05, 4.69) is 9.80 Å². The number of halogens is 1. The number of amides is 1. The van der Waals surface area contributed by atoms with Crippen LogP contribution in [0.5, 0.6) is 0 Å². The molecule has 0 aliphatic carbocycles. The Labute approximate surface area is 153 Å². The molecule has 2 aliphatic heterocycles. The number of hydrogen-bond acceptors (Lipinski definition) is 5. The predicted octanol–water partition coefficient (Wildman–Crippen LogP) is 0.850. The zero-order valence-electron chi connectivity index (χ0n) is 14.4. The third-order valence-electron chi connectivity index (χ3n) is 4.88. The molecule has 2 fully saturated rings. The first-order valence-corrected chi connectivity index (χ1v) is 9.24. The zero-order chi connectivity index (χ0) is 17.6. The molecule has 7 heteroatoms. The highest BCUT2D eigenvalue weighted by Crippen LogP contribution is 2.23. The maximum absolute atomic E-state index is 12.4. The number of β-amino-alcohol motifs (C(OH)–C–C–N with tert-alkyl or cyclic N) is 1. The highest BCUT2D eigenvalue weighted by atomic mass is 35.5. The smallest absolute Gasteiger partial charge is 0.236 e. The van der Waals surface area contributed by atoms with Gasteiger partial charge in [-0.25, -0.2) is 0 Å². The molecule has 0 bridgehead atoms. The van der Waals surface area contributed by atoms with Gasteiger partial charge in [-0.05, 0) is 6.07 Å². The van der Waals surface area contributed by atoms with Gasteiger partial charge in [0.1, 0.15) is 0 Å². The second-order valence-corrected chi connectivity index (χ2v) is 7.01. The van der Waals surface area contributed by atoms with Crippen LogP contribution in [0, 0.1) is 0 Å². The van der Waals surface area contributed by atoms with Crippen LogP contribution < -0.4 is 0 Å². The lowest BCUT2D eigenvalue weighted by molar-refractivity contribution is -0.135. The monoisotopic (exact) mass is 367 g/mol. The first-order valence-electron chi connectivity index (χ1n) is 8.86. The summed E-state index contributed by atoms with van der Waals surface area (Å²) in [5, 5.41) is 11.0. The van der Waals surface area contributed by atoms with Crippen molar-refractivity contribution in [3.05, 3.63) is 34.9 Å². The minimum Gasteiger partial charge on any atom is -0.387 e. The number of morpholine rings is 1. The number of rotatable bonds is 5. The summed E-state index contributed by atoms with van der Waals surface area (Å²) in [7, 11) is 0. The van der Waals surface area contributed by atoms with Gasteiger partial charge in [-0.1, -0.05) is 29.8 Å². The highest BCUT2D eigenvalue weighted by molar-refractivity contribution is 6.31. The van der Waals surface area contributed by atoms with Gasteiger partial charge in [0.15, 0.2) is 0 Å². The lowest BCUT2D eigenvalue weighted by Crippen LogP contribution is -2.52. The van der Waals surface area contributed by atoms with Crippen molar-refractivity contribution >= 4 is 17.5 Å². The second kappa shape index (κ2) is 8.96. The molecule has 1 aromatic carbocycles. The molecule has 25 heavy (non-hydrogen) atoms. The summed E-state index contributed by atoms with van der Waals surface area (Å²) < 4.78 is 5.32. The van der Waals surface area contributed by atoms with Crippen molar-refractivity contribution in [2.45, 2.75) is 6.10 Å². The topological polar surface area (TPSA) is 56.2 Å². The summed E-state index contributed by atoms with van der Waals surface area (Å²) in [5.41, 5.74) is 0.759. The molecular weight excluding hydrogens is 342 g/mol. The normalized spacial score (nSPS) is 21.3. The predicted molar refractivity (Wildman–Crippen MR) is 96.7 cm³/mol. The van der Waals surface area contributed by atoms with Crippen LogP contribution in [0.15, 0.2) is 24.3 Å². The van der Waals surface area contributed by atoms with Crippen molar-refractivity contribution in [2.24, 2.45) is 0 Å². The van der Waals surface area contributed by atoms with Crippen LogP contribution in [0.3, 0.4) is 0 Å². The third-order valence-corrected chi connectivity index (χ3v) is 5.23. The van der Waals surface area contributed by atoms with Gasteiger partial charge in [-0.3, -0.25) is 14.6 Å².